The molecule has 5 nitrogen and oxygen atoms in total. The average molecular weight is 724 g/mol. The Bertz CT molecular complexity index is 3450. The van der Waals surface area contributed by atoms with Gasteiger partial charge in [0.25, 0.3) is 0 Å². The van der Waals surface area contributed by atoms with Crippen molar-refractivity contribution in [1.82, 2.24) is 9.55 Å². The fourth-order valence-electron chi connectivity index (χ4n) is 8.43. The summed E-state index contributed by atoms with van der Waals surface area (Å²) in [7, 11) is 0. The second kappa shape index (κ2) is 11.7. The first-order chi connectivity index (χ1) is 27.3. The molecule has 0 atom stereocenters. The molecule has 4 aromatic heterocycles. The predicted molar refractivity (Wildman–Crippen MR) is 229 cm³/mol. The van der Waals surface area contributed by atoms with Crippen molar-refractivity contribution in [2.24, 2.45) is 0 Å². The summed E-state index contributed by atoms with van der Waals surface area (Å²) < 4.78 is 17.8. The molecule has 0 saturated heterocycles. The third kappa shape index (κ3) is 4.49. The Kier molecular flexibility index (Phi) is 6.44. The van der Waals surface area contributed by atoms with Gasteiger partial charge in [-0.05, 0) is 78.9 Å². The number of anilines is 3. The maximum atomic E-state index is 6.52. The van der Waals surface area contributed by atoms with Crippen LogP contribution in [0.25, 0.3) is 92.2 Å². The van der Waals surface area contributed by atoms with E-state index in [1.807, 2.05) is 53.8 Å². The van der Waals surface area contributed by atoms with Crippen LogP contribution in [0.2, 0.25) is 0 Å². The molecule has 4 heterocycles. The van der Waals surface area contributed by atoms with E-state index >= 15 is 0 Å². The second-order valence-corrected chi connectivity index (χ2v) is 15.0. The fraction of sp³-hybridized carbons (Fsp3) is 0. The standard InChI is InChI=1S/C49H29N3O2S/c1-3-13-30(14-4-1)49-50-46-43(54-49)28-27-42-45(46)37-29-32(25-26-41(37)53-42)51(40-23-12-20-36-34-18-8-10-24-44(34)55-48(36)40)39-22-11-19-35-33-17-7-9-21-38(33)52(47(35)39)31-15-5-2-6-16-31/h1-29H. The summed E-state index contributed by atoms with van der Waals surface area (Å²) >= 11 is 1.84. The normalized spacial score (nSPS) is 12.0. The van der Waals surface area contributed by atoms with Gasteiger partial charge < -0.3 is 18.3 Å². The third-order valence-corrected chi connectivity index (χ3v) is 12.0. The van der Waals surface area contributed by atoms with Gasteiger partial charge in [-0.25, -0.2) is 4.98 Å². The first-order valence-corrected chi connectivity index (χ1v) is 19.2. The topological polar surface area (TPSA) is 47.3 Å². The van der Waals surface area contributed by atoms with E-state index < -0.39 is 0 Å². The Morgan fingerprint density at radius 2 is 1.20 bits per heavy atom. The van der Waals surface area contributed by atoms with Crippen molar-refractivity contribution >= 4 is 103 Å². The van der Waals surface area contributed by atoms with Crippen LogP contribution in [-0.4, -0.2) is 9.55 Å². The zero-order valence-electron chi connectivity index (χ0n) is 29.3. The quantitative estimate of drug-likeness (QED) is 0.177. The molecule has 0 amide bonds. The van der Waals surface area contributed by atoms with Crippen molar-refractivity contribution in [2.45, 2.75) is 0 Å². The summed E-state index contributed by atoms with van der Waals surface area (Å²) in [5.41, 5.74) is 10.6. The highest BCUT2D eigenvalue weighted by atomic mass is 32.1. The van der Waals surface area contributed by atoms with Crippen LogP contribution in [0.15, 0.2) is 185 Å². The molecule has 12 aromatic rings. The van der Waals surface area contributed by atoms with Crippen molar-refractivity contribution in [3.8, 4) is 17.1 Å². The molecule has 8 aromatic carbocycles. The molecular formula is C49H29N3O2S. The van der Waals surface area contributed by atoms with Crippen molar-refractivity contribution in [3.63, 3.8) is 0 Å². The maximum absolute atomic E-state index is 6.52. The predicted octanol–water partition coefficient (Wildman–Crippen LogP) is 14.3. The summed E-state index contributed by atoms with van der Waals surface area (Å²) in [4.78, 5) is 7.50. The minimum absolute atomic E-state index is 0.590. The van der Waals surface area contributed by atoms with Gasteiger partial charge in [0.05, 0.1) is 32.5 Å². The van der Waals surface area contributed by atoms with Gasteiger partial charge in [0.15, 0.2) is 5.58 Å². The van der Waals surface area contributed by atoms with E-state index in [2.05, 4.69) is 143 Å². The Morgan fingerprint density at radius 3 is 2.07 bits per heavy atom. The highest BCUT2D eigenvalue weighted by molar-refractivity contribution is 7.26. The highest BCUT2D eigenvalue weighted by Gasteiger charge is 2.25. The number of aromatic nitrogens is 2. The van der Waals surface area contributed by atoms with Crippen molar-refractivity contribution in [1.29, 1.82) is 0 Å². The van der Waals surface area contributed by atoms with Gasteiger partial charge in [-0.1, -0.05) is 97.1 Å². The van der Waals surface area contributed by atoms with E-state index in [0.717, 1.165) is 72.4 Å². The van der Waals surface area contributed by atoms with E-state index in [1.165, 1.54) is 30.9 Å². The van der Waals surface area contributed by atoms with Gasteiger partial charge in [-0.2, -0.15) is 0 Å². The average Bonchev–Trinajstić information content (AvgIpc) is 4.02. The number of nitrogens with zero attached hydrogens (tertiary/aromatic N) is 3. The fourth-order valence-corrected chi connectivity index (χ4v) is 9.63. The Morgan fingerprint density at radius 1 is 0.509 bits per heavy atom. The van der Waals surface area contributed by atoms with Crippen molar-refractivity contribution in [2.75, 3.05) is 4.90 Å². The van der Waals surface area contributed by atoms with E-state index in [0.29, 0.717) is 5.89 Å². The van der Waals surface area contributed by atoms with E-state index in [-0.39, 0.29) is 0 Å². The number of benzene rings is 8. The van der Waals surface area contributed by atoms with Gasteiger partial charge >= 0.3 is 0 Å². The number of thiophene rings is 1. The van der Waals surface area contributed by atoms with Crippen LogP contribution in [0, 0.1) is 0 Å². The summed E-state index contributed by atoms with van der Waals surface area (Å²) in [6.07, 6.45) is 0. The molecule has 0 unspecified atom stereocenters. The van der Waals surface area contributed by atoms with Gasteiger partial charge in [0.2, 0.25) is 5.89 Å². The molecule has 0 radical (unpaired) electrons. The van der Waals surface area contributed by atoms with Crippen LogP contribution < -0.4 is 4.90 Å². The molecule has 0 saturated carbocycles. The molecule has 0 bridgehead atoms. The number of fused-ring (bicyclic) bond motifs is 11. The van der Waals surface area contributed by atoms with Crippen LogP contribution in [-0.2, 0) is 0 Å². The lowest BCUT2D eigenvalue weighted by atomic mass is 10.1. The monoisotopic (exact) mass is 723 g/mol. The molecule has 0 aliphatic rings. The number of para-hydroxylation sites is 3. The van der Waals surface area contributed by atoms with Crippen LogP contribution >= 0.6 is 11.3 Å². The Balaban J connectivity index is 1.19. The molecule has 0 aliphatic heterocycles. The number of oxazole rings is 1. The number of furan rings is 1. The Hall–Kier alpha value is -7.15. The zero-order chi connectivity index (χ0) is 36.0. The van der Waals surface area contributed by atoms with Gasteiger partial charge in [0, 0.05) is 48.6 Å². The minimum atomic E-state index is 0.590. The lowest BCUT2D eigenvalue weighted by molar-refractivity contribution is 0.619. The molecule has 12 rings (SSSR count). The van der Waals surface area contributed by atoms with E-state index in [1.54, 1.807) is 0 Å². The van der Waals surface area contributed by atoms with Crippen LogP contribution in [0.4, 0.5) is 17.1 Å². The second-order valence-electron chi connectivity index (χ2n) is 13.9. The molecule has 0 aliphatic carbocycles. The summed E-state index contributed by atoms with van der Waals surface area (Å²) in [5.74, 6) is 0.590. The summed E-state index contributed by atoms with van der Waals surface area (Å²) in [5, 5.41) is 6.83. The van der Waals surface area contributed by atoms with E-state index in [4.69, 9.17) is 13.8 Å². The molecule has 55 heavy (non-hydrogen) atoms. The van der Waals surface area contributed by atoms with Gasteiger partial charge in [-0.3, -0.25) is 0 Å². The smallest absolute Gasteiger partial charge is 0.227 e. The van der Waals surface area contributed by atoms with Gasteiger partial charge in [0.1, 0.15) is 16.7 Å². The summed E-state index contributed by atoms with van der Waals surface area (Å²) in [6.45, 7) is 0. The third-order valence-electron chi connectivity index (χ3n) is 10.8. The number of hydrogen-bond acceptors (Lipinski definition) is 5. The first-order valence-electron chi connectivity index (χ1n) is 18.4. The zero-order valence-corrected chi connectivity index (χ0v) is 30.1. The largest absolute Gasteiger partial charge is 0.456 e. The molecule has 258 valence electrons. The molecule has 6 heteroatoms. The number of rotatable bonds is 5. The lowest BCUT2D eigenvalue weighted by Crippen LogP contribution is -2.11. The lowest BCUT2D eigenvalue weighted by Gasteiger charge is -2.27. The minimum Gasteiger partial charge on any atom is -0.456 e. The molecule has 0 N–H and O–H groups in total. The molecule has 0 spiro atoms. The van der Waals surface area contributed by atoms with Crippen LogP contribution in [0.1, 0.15) is 0 Å². The van der Waals surface area contributed by atoms with Crippen LogP contribution in [0.3, 0.4) is 0 Å². The molecular weight excluding hydrogens is 695 g/mol. The van der Waals surface area contributed by atoms with Crippen LogP contribution in [0.5, 0.6) is 0 Å². The van der Waals surface area contributed by atoms with Crippen molar-refractivity contribution < 1.29 is 8.83 Å². The first kappa shape index (κ1) is 30.3. The highest BCUT2D eigenvalue weighted by Crippen LogP contribution is 2.49. The summed E-state index contributed by atoms with van der Waals surface area (Å²) in [6, 6.07) is 62.0. The number of hydrogen-bond donors (Lipinski definition) is 0. The van der Waals surface area contributed by atoms with Gasteiger partial charge in [-0.15, -0.1) is 11.3 Å². The Labute approximate surface area is 318 Å². The maximum Gasteiger partial charge on any atom is 0.227 e. The SMILES string of the molecule is c1ccc(-c2nc3c(ccc4oc5ccc(N(c6cccc7c6sc6ccccc67)c6cccc7c8ccccc8n(-c8ccccc8)c67)cc5c43)o2)cc1. The van der Waals surface area contributed by atoms with Crippen molar-refractivity contribution in [3.05, 3.63) is 176 Å². The van der Waals surface area contributed by atoms with E-state index in [9.17, 15) is 0 Å². The molecule has 0 fully saturated rings.